The fourth-order valence-electron chi connectivity index (χ4n) is 0.752. The Kier molecular flexibility index (Phi) is 5.46. The molecule has 0 aromatic heterocycles. The van der Waals surface area contributed by atoms with Gasteiger partial charge in [-0.15, -0.1) is 0 Å². The minimum atomic E-state index is -4.67. The molecule has 0 saturated carbocycles. The van der Waals surface area contributed by atoms with Crippen molar-refractivity contribution in [3.05, 3.63) is 12.4 Å². The average molecular weight is 226 g/mol. The van der Waals surface area contributed by atoms with Crippen LogP contribution in [0.4, 0.5) is 0 Å². The average Bonchev–Trinajstić information content (AvgIpc) is 2.32. The Labute approximate surface area is 83.1 Å². The number of hydroxylamine groups is 2. The van der Waals surface area contributed by atoms with E-state index in [4.69, 9.17) is 22.4 Å². The maximum atomic E-state index is 8.74. The molecule has 0 saturated heterocycles. The lowest BCUT2D eigenvalue weighted by molar-refractivity contribution is -0.121. The van der Waals surface area contributed by atoms with E-state index in [0.717, 1.165) is 13.3 Å². The van der Waals surface area contributed by atoms with E-state index < -0.39 is 10.4 Å². The van der Waals surface area contributed by atoms with E-state index in [1.54, 1.807) is 5.06 Å². The van der Waals surface area contributed by atoms with Crippen molar-refractivity contribution < 1.29 is 22.4 Å². The summed E-state index contributed by atoms with van der Waals surface area (Å²) in [6, 6.07) is 0. The van der Waals surface area contributed by atoms with Crippen molar-refractivity contribution >= 4 is 10.4 Å². The normalized spacial score (nSPS) is 15.4. The first-order chi connectivity index (χ1) is 6.33. The molecule has 0 aromatic carbocycles. The largest absolute Gasteiger partial charge is 0.394 e. The fourth-order valence-corrected chi connectivity index (χ4v) is 0.752. The zero-order chi connectivity index (χ0) is 11.2. The lowest BCUT2D eigenvalue weighted by atomic mass is 10.9. The van der Waals surface area contributed by atoms with Crippen LogP contribution >= 0.6 is 0 Å². The first-order valence-electron chi connectivity index (χ1n) is 3.81. The second kappa shape index (κ2) is 5.81. The summed E-state index contributed by atoms with van der Waals surface area (Å²) in [7, 11) is -2.66. The quantitative estimate of drug-likeness (QED) is 0.638. The smallest absolute Gasteiger partial charge is 0.360 e. The maximum absolute atomic E-state index is 8.74. The zero-order valence-corrected chi connectivity index (χ0v) is 8.81. The molecule has 2 N–H and O–H groups in total. The molecule has 0 aliphatic carbocycles. The van der Waals surface area contributed by atoms with Gasteiger partial charge < -0.3 is 4.90 Å². The predicted octanol–water partition coefficient (Wildman–Crippen LogP) is -0.0388. The highest BCUT2D eigenvalue weighted by Crippen LogP contribution is 2.02. The Morgan fingerprint density at radius 3 is 2.21 bits per heavy atom. The zero-order valence-electron chi connectivity index (χ0n) is 7.99. The molecule has 0 unspecified atom stereocenters. The van der Waals surface area contributed by atoms with Gasteiger partial charge in [-0.05, 0) is 6.92 Å². The van der Waals surface area contributed by atoms with Gasteiger partial charge in [-0.25, -0.2) is 5.06 Å². The molecule has 7 nitrogen and oxygen atoms in total. The first-order valence-corrected chi connectivity index (χ1v) is 5.20. The Hall–Kier alpha value is -0.830. The van der Waals surface area contributed by atoms with Gasteiger partial charge in [-0.2, -0.15) is 8.42 Å². The summed E-state index contributed by atoms with van der Waals surface area (Å²) in [5.41, 5.74) is 0. The van der Waals surface area contributed by atoms with Crippen LogP contribution in [0.25, 0.3) is 0 Å². The van der Waals surface area contributed by atoms with E-state index in [1.165, 1.54) is 0 Å². The molecule has 8 heteroatoms. The molecule has 0 aromatic rings. The van der Waals surface area contributed by atoms with Crippen molar-refractivity contribution in [2.75, 3.05) is 20.3 Å². The van der Waals surface area contributed by atoms with Crippen LogP contribution in [0.15, 0.2) is 12.4 Å². The van der Waals surface area contributed by atoms with Gasteiger partial charge >= 0.3 is 10.4 Å². The second-order valence-electron chi connectivity index (χ2n) is 2.48. The molecular formula is C6H14N2O5S. The monoisotopic (exact) mass is 226 g/mol. The van der Waals surface area contributed by atoms with E-state index in [-0.39, 0.29) is 0 Å². The third kappa shape index (κ3) is 9.26. The Balaban J connectivity index is 0.000000292. The SMILES string of the molecule is CCON1C=CN(C)C1.O=S(=O)(O)O. The minimum Gasteiger partial charge on any atom is -0.360 e. The van der Waals surface area contributed by atoms with E-state index in [9.17, 15) is 0 Å². The van der Waals surface area contributed by atoms with Gasteiger partial charge in [0.1, 0.15) is 6.67 Å². The third-order valence-electron chi connectivity index (χ3n) is 1.14. The fraction of sp³-hybridized carbons (Fsp3) is 0.667. The molecule has 1 aliphatic heterocycles. The van der Waals surface area contributed by atoms with Crippen molar-refractivity contribution in [2.45, 2.75) is 6.92 Å². The van der Waals surface area contributed by atoms with Gasteiger partial charge in [-0.3, -0.25) is 13.9 Å². The van der Waals surface area contributed by atoms with Crippen LogP contribution in [0.3, 0.4) is 0 Å². The number of hydrogen-bond acceptors (Lipinski definition) is 5. The van der Waals surface area contributed by atoms with E-state index in [2.05, 4.69) is 4.90 Å². The van der Waals surface area contributed by atoms with Gasteiger partial charge in [0.05, 0.1) is 6.61 Å². The summed E-state index contributed by atoms with van der Waals surface area (Å²) >= 11 is 0. The lowest BCUT2D eigenvalue weighted by Gasteiger charge is -2.15. The lowest BCUT2D eigenvalue weighted by Crippen LogP contribution is -2.22. The summed E-state index contributed by atoms with van der Waals surface area (Å²) in [5, 5.41) is 1.81. The summed E-state index contributed by atoms with van der Waals surface area (Å²) in [4.78, 5) is 7.23. The molecule has 0 radical (unpaired) electrons. The second-order valence-corrected chi connectivity index (χ2v) is 3.37. The molecule has 0 atom stereocenters. The van der Waals surface area contributed by atoms with Crippen molar-refractivity contribution in [1.82, 2.24) is 9.96 Å². The van der Waals surface area contributed by atoms with Gasteiger partial charge in [0.2, 0.25) is 0 Å². The maximum Gasteiger partial charge on any atom is 0.394 e. The van der Waals surface area contributed by atoms with Gasteiger partial charge in [0.15, 0.2) is 0 Å². The molecule has 0 fully saturated rings. The van der Waals surface area contributed by atoms with Gasteiger partial charge in [0.25, 0.3) is 0 Å². The summed E-state index contributed by atoms with van der Waals surface area (Å²) in [6.45, 7) is 3.55. The summed E-state index contributed by atoms with van der Waals surface area (Å²) in [6.07, 6.45) is 3.90. The van der Waals surface area contributed by atoms with E-state index >= 15 is 0 Å². The number of rotatable bonds is 2. The Bertz CT molecular complexity index is 268. The van der Waals surface area contributed by atoms with Crippen molar-refractivity contribution in [3.8, 4) is 0 Å². The highest BCUT2D eigenvalue weighted by molar-refractivity contribution is 7.79. The Morgan fingerprint density at radius 2 is 1.93 bits per heavy atom. The molecule has 14 heavy (non-hydrogen) atoms. The molecule has 1 rings (SSSR count). The number of nitrogens with zero attached hydrogens (tertiary/aromatic N) is 2. The van der Waals surface area contributed by atoms with E-state index in [1.807, 2.05) is 26.4 Å². The van der Waals surface area contributed by atoms with Crippen LogP contribution in [0.2, 0.25) is 0 Å². The Morgan fingerprint density at radius 1 is 1.43 bits per heavy atom. The van der Waals surface area contributed by atoms with E-state index in [0.29, 0.717) is 0 Å². The number of hydrogen-bond donors (Lipinski definition) is 2. The molecule has 84 valence electrons. The standard InChI is InChI=1S/C6H12N2O.H2O4S/c1-3-9-8-5-4-7(2)6-8;1-5(2,3)4/h4-5H,3,6H2,1-2H3;(H2,1,2,3,4). The van der Waals surface area contributed by atoms with Crippen molar-refractivity contribution in [2.24, 2.45) is 0 Å². The molecular weight excluding hydrogens is 212 g/mol. The van der Waals surface area contributed by atoms with Crippen LogP contribution in [0.1, 0.15) is 6.92 Å². The van der Waals surface area contributed by atoms with Crippen LogP contribution in [-0.2, 0) is 15.2 Å². The van der Waals surface area contributed by atoms with Crippen molar-refractivity contribution in [3.63, 3.8) is 0 Å². The minimum absolute atomic E-state index is 0.734. The first kappa shape index (κ1) is 13.2. The van der Waals surface area contributed by atoms with Crippen LogP contribution in [0, 0.1) is 0 Å². The van der Waals surface area contributed by atoms with Gasteiger partial charge in [0, 0.05) is 19.4 Å². The molecule has 0 amide bonds. The van der Waals surface area contributed by atoms with Gasteiger partial charge in [-0.1, -0.05) is 0 Å². The summed E-state index contributed by atoms with van der Waals surface area (Å²) < 4.78 is 31.6. The van der Waals surface area contributed by atoms with Crippen molar-refractivity contribution in [1.29, 1.82) is 0 Å². The topological polar surface area (TPSA) is 90.3 Å². The highest BCUT2D eigenvalue weighted by atomic mass is 32.3. The third-order valence-corrected chi connectivity index (χ3v) is 1.14. The molecule has 0 spiro atoms. The molecule has 1 aliphatic rings. The predicted molar refractivity (Wildman–Crippen MR) is 49.4 cm³/mol. The van der Waals surface area contributed by atoms with Crippen LogP contribution in [0.5, 0.6) is 0 Å². The summed E-state index contributed by atoms with van der Waals surface area (Å²) in [5.74, 6) is 0. The van der Waals surface area contributed by atoms with Crippen LogP contribution < -0.4 is 0 Å². The highest BCUT2D eigenvalue weighted by Gasteiger charge is 2.06. The van der Waals surface area contributed by atoms with Crippen LogP contribution in [-0.4, -0.2) is 47.8 Å². The molecule has 1 heterocycles. The molecule has 0 bridgehead atoms.